The van der Waals surface area contributed by atoms with Crippen molar-refractivity contribution in [3.05, 3.63) is 99.4 Å². The summed E-state index contributed by atoms with van der Waals surface area (Å²) in [5, 5.41) is 18.5. The maximum Gasteiger partial charge on any atom is 0.341 e. The smallest absolute Gasteiger partial charge is 0.341 e. The second-order valence-electron chi connectivity index (χ2n) is 7.75. The number of nitro benzene ring substituents is 1. The molecule has 0 radical (unpaired) electrons. The van der Waals surface area contributed by atoms with E-state index in [1.54, 1.807) is 49.4 Å². The van der Waals surface area contributed by atoms with Gasteiger partial charge >= 0.3 is 5.97 Å². The Hall–Kier alpha value is -4.08. The highest BCUT2D eigenvalue weighted by molar-refractivity contribution is 7.80. The molecule has 0 unspecified atom stereocenters. The van der Waals surface area contributed by atoms with Crippen LogP contribution in [0.3, 0.4) is 0 Å². The monoisotopic (exact) mass is 517 g/mol. The summed E-state index contributed by atoms with van der Waals surface area (Å²) in [4.78, 5) is 24.8. The number of carbonyl (C=O) groups is 1. The molecule has 1 aromatic heterocycles. The van der Waals surface area contributed by atoms with E-state index in [1.165, 1.54) is 17.4 Å². The lowest BCUT2D eigenvalue weighted by Gasteiger charge is -2.12. The Morgan fingerprint density at radius 2 is 1.64 bits per heavy atom. The Bertz CT molecular complexity index is 1420. The van der Waals surface area contributed by atoms with Crippen molar-refractivity contribution < 1.29 is 14.5 Å². The summed E-state index contributed by atoms with van der Waals surface area (Å²) >= 11 is 6.95. The molecule has 0 atom stereocenters. The average molecular weight is 518 g/mol. The van der Waals surface area contributed by atoms with Crippen LogP contribution in [0, 0.1) is 17.0 Å². The third kappa shape index (κ3) is 5.42. The predicted molar refractivity (Wildman–Crippen MR) is 149 cm³/mol. The zero-order chi connectivity index (χ0) is 25.7. The van der Waals surface area contributed by atoms with Crippen molar-refractivity contribution in [1.82, 2.24) is 0 Å². The molecule has 0 aliphatic heterocycles. The molecule has 0 fully saturated rings. The first-order chi connectivity index (χ1) is 17.4. The Kier molecular flexibility index (Phi) is 7.72. The average Bonchev–Trinajstić information content (AvgIpc) is 3.20. The number of hydrogen-bond acceptors (Lipinski definition) is 6. The molecule has 3 aromatic carbocycles. The first-order valence-corrected chi connectivity index (χ1v) is 12.4. The Labute approximate surface area is 217 Å². The molecule has 2 N–H and O–H groups in total. The van der Waals surface area contributed by atoms with Gasteiger partial charge in [0, 0.05) is 22.2 Å². The van der Waals surface area contributed by atoms with Crippen LogP contribution in [0.1, 0.15) is 22.2 Å². The van der Waals surface area contributed by atoms with Crippen molar-refractivity contribution in [2.45, 2.75) is 13.8 Å². The molecule has 182 valence electrons. The molecule has 0 saturated heterocycles. The molecule has 0 aliphatic carbocycles. The van der Waals surface area contributed by atoms with Crippen molar-refractivity contribution in [2.75, 3.05) is 17.2 Å². The van der Waals surface area contributed by atoms with Gasteiger partial charge in [-0.2, -0.15) is 0 Å². The molecule has 4 rings (SSSR count). The number of esters is 1. The van der Waals surface area contributed by atoms with Crippen molar-refractivity contribution in [2.24, 2.45) is 0 Å². The van der Waals surface area contributed by atoms with Crippen LogP contribution >= 0.6 is 23.6 Å². The largest absolute Gasteiger partial charge is 0.462 e. The van der Waals surface area contributed by atoms with Gasteiger partial charge in [0.25, 0.3) is 5.69 Å². The van der Waals surface area contributed by atoms with Gasteiger partial charge in [0.1, 0.15) is 10.6 Å². The second-order valence-corrected chi connectivity index (χ2v) is 9.39. The van der Waals surface area contributed by atoms with Crippen LogP contribution in [0.2, 0.25) is 0 Å². The van der Waals surface area contributed by atoms with E-state index < -0.39 is 10.9 Å². The number of nitrogens with one attached hydrogen (secondary N) is 2. The minimum atomic E-state index is -0.417. The maximum absolute atomic E-state index is 12.9. The van der Waals surface area contributed by atoms with Gasteiger partial charge in [0.15, 0.2) is 5.11 Å². The van der Waals surface area contributed by atoms with Crippen molar-refractivity contribution in [1.29, 1.82) is 0 Å². The highest BCUT2D eigenvalue weighted by atomic mass is 32.1. The number of hydrogen-bond donors (Lipinski definition) is 2. The fraction of sp³-hybridized carbons (Fsp3) is 0.111. The molecule has 0 spiro atoms. The van der Waals surface area contributed by atoms with E-state index in [4.69, 9.17) is 17.0 Å². The van der Waals surface area contributed by atoms with Crippen molar-refractivity contribution in [3.63, 3.8) is 0 Å². The van der Waals surface area contributed by atoms with E-state index in [0.717, 1.165) is 21.6 Å². The number of thiocarbonyl (C=S) groups is 1. The first kappa shape index (κ1) is 25.0. The standard InChI is InChI=1S/C27H23N3O4S2/c1-3-34-26(31)24-23(19-9-5-4-6-10-19)17(2)36-25(24)29-27(35)28-20-15-13-18(14-16-20)21-11-7-8-12-22(21)30(32)33/h4-16H,3H2,1-2H3,(H2,28,29,35). The first-order valence-electron chi connectivity index (χ1n) is 11.2. The van der Waals surface area contributed by atoms with Gasteiger partial charge in [-0.25, -0.2) is 4.79 Å². The summed E-state index contributed by atoms with van der Waals surface area (Å²) in [5.74, 6) is -0.417. The van der Waals surface area contributed by atoms with Crippen LogP contribution in [0.25, 0.3) is 22.3 Å². The normalized spacial score (nSPS) is 10.5. The predicted octanol–water partition coefficient (Wildman–Crippen LogP) is 7.28. The van der Waals surface area contributed by atoms with E-state index in [-0.39, 0.29) is 12.3 Å². The van der Waals surface area contributed by atoms with Crippen LogP contribution in [0.15, 0.2) is 78.9 Å². The fourth-order valence-electron chi connectivity index (χ4n) is 3.86. The second kappa shape index (κ2) is 11.1. The van der Waals surface area contributed by atoms with Crippen molar-refractivity contribution in [3.8, 4) is 22.3 Å². The van der Waals surface area contributed by atoms with Gasteiger partial charge in [-0.1, -0.05) is 54.6 Å². The maximum atomic E-state index is 12.9. The number of ether oxygens (including phenoxy) is 1. The number of anilines is 2. The van der Waals surface area contributed by atoms with Gasteiger partial charge in [0.2, 0.25) is 0 Å². The quantitative estimate of drug-likeness (QED) is 0.115. The van der Waals surface area contributed by atoms with E-state index in [2.05, 4.69) is 10.6 Å². The van der Waals surface area contributed by atoms with Crippen molar-refractivity contribution >= 4 is 51.0 Å². The SMILES string of the molecule is CCOC(=O)c1c(NC(=S)Nc2ccc(-c3ccccc3[N+](=O)[O-])cc2)sc(C)c1-c1ccccc1. The third-order valence-corrected chi connectivity index (χ3v) is 6.63. The van der Waals surface area contributed by atoms with Crippen LogP contribution in [-0.2, 0) is 4.74 Å². The number of nitrogens with zero attached hydrogens (tertiary/aromatic N) is 1. The Morgan fingerprint density at radius 3 is 2.31 bits per heavy atom. The lowest BCUT2D eigenvalue weighted by molar-refractivity contribution is -0.384. The van der Waals surface area contributed by atoms with E-state index in [1.807, 2.05) is 37.3 Å². The lowest BCUT2D eigenvalue weighted by atomic mass is 10.0. The van der Waals surface area contributed by atoms with Crippen LogP contribution in [0.4, 0.5) is 16.4 Å². The molecule has 36 heavy (non-hydrogen) atoms. The zero-order valence-electron chi connectivity index (χ0n) is 19.6. The topological polar surface area (TPSA) is 93.5 Å². The summed E-state index contributed by atoms with van der Waals surface area (Å²) in [6.45, 7) is 3.99. The van der Waals surface area contributed by atoms with Gasteiger partial charge in [-0.15, -0.1) is 11.3 Å². The van der Waals surface area contributed by atoms with Gasteiger partial charge in [0.05, 0.1) is 17.1 Å². The minimum Gasteiger partial charge on any atom is -0.462 e. The molecule has 9 heteroatoms. The minimum absolute atomic E-state index is 0.0455. The molecular formula is C27H23N3O4S2. The number of thiophene rings is 1. The molecule has 7 nitrogen and oxygen atoms in total. The van der Waals surface area contributed by atoms with E-state index >= 15 is 0 Å². The van der Waals surface area contributed by atoms with Crippen LogP contribution in [-0.4, -0.2) is 22.6 Å². The van der Waals surface area contributed by atoms with Gasteiger partial charge in [-0.3, -0.25) is 10.1 Å². The molecule has 0 amide bonds. The van der Waals surface area contributed by atoms with Gasteiger partial charge < -0.3 is 15.4 Å². The molecule has 0 aliphatic rings. The molecule has 0 bridgehead atoms. The van der Waals surface area contributed by atoms with E-state index in [0.29, 0.717) is 26.9 Å². The number of para-hydroxylation sites is 1. The molecule has 4 aromatic rings. The number of carbonyl (C=O) groups excluding carboxylic acids is 1. The summed E-state index contributed by atoms with van der Waals surface area (Å²) in [6.07, 6.45) is 0. The summed E-state index contributed by atoms with van der Waals surface area (Å²) in [7, 11) is 0. The number of rotatable bonds is 7. The number of aryl methyl sites for hydroxylation is 1. The van der Waals surface area contributed by atoms with Crippen LogP contribution < -0.4 is 10.6 Å². The summed E-state index contributed by atoms with van der Waals surface area (Å²) in [6, 6.07) is 23.5. The Morgan fingerprint density at radius 1 is 0.972 bits per heavy atom. The lowest BCUT2D eigenvalue weighted by Crippen LogP contribution is -2.20. The Balaban J connectivity index is 1.56. The van der Waals surface area contributed by atoms with Crippen LogP contribution in [0.5, 0.6) is 0 Å². The highest BCUT2D eigenvalue weighted by Crippen LogP contribution is 2.40. The summed E-state index contributed by atoms with van der Waals surface area (Å²) < 4.78 is 5.34. The molecular weight excluding hydrogens is 494 g/mol. The third-order valence-electron chi connectivity index (χ3n) is 5.41. The number of nitro groups is 1. The molecule has 0 saturated carbocycles. The fourth-order valence-corrected chi connectivity index (χ4v) is 5.21. The van der Waals surface area contributed by atoms with Gasteiger partial charge in [-0.05, 0) is 55.4 Å². The van der Waals surface area contributed by atoms with E-state index in [9.17, 15) is 14.9 Å². The number of benzene rings is 3. The summed E-state index contributed by atoms with van der Waals surface area (Å²) in [5.41, 5.74) is 4.19. The zero-order valence-corrected chi connectivity index (χ0v) is 21.2. The highest BCUT2D eigenvalue weighted by Gasteiger charge is 2.25. The molecule has 1 heterocycles.